The average Bonchev–Trinajstić information content (AvgIpc) is 3.10. The molecule has 2 amide bonds. The summed E-state index contributed by atoms with van der Waals surface area (Å²) in [5.41, 5.74) is 2.16. The van der Waals surface area contributed by atoms with Gasteiger partial charge in [0.1, 0.15) is 17.2 Å². The maximum Gasteiger partial charge on any atom is 0.255 e. The monoisotopic (exact) mass is 470 g/mol. The van der Waals surface area contributed by atoms with Crippen LogP contribution in [0.5, 0.6) is 11.5 Å². The Bertz CT molecular complexity index is 1270. The van der Waals surface area contributed by atoms with Crippen LogP contribution in [0.2, 0.25) is 0 Å². The lowest BCUT2D eigenvalue weighted by Gasteiger charge is -2.18. The first kappa shape index (κ1) is 23.4. The highest BCUT2D eigenvalue weighted by atomic mass is 16.5. The van der Waals surface area contributed by atoms with Crippen LogP contribution in [0.3, 0.4) is 0 Å². The van der Waals surface area contributed by atoms with Gasteiger partial charge in [0.25, 0.3) is 11.8 Å². The summed E-state index contributed by atoms with van der Waals surface area (Å²) in [5.74, 6) is -0.325. The van der Waals surface area contributed by atoms with Crippen molar-refractivity contribution in [1.29, 1.82) is 0 Å². The van der Waals surface area contributed by atoms with E-state index >= 15 is 0 Å². The van der Waals surface area contributed by atoms with Crippen molar-refractivity contribution in [3.05, 3.63) is 103 Å². The van der Waals surface area contributed by atoms with E-state index in [1.165, 1.54) is 6.07 Å². The van der Waals surface area contributed by atoms with Crippen LogP contribution in [0.4, 0.5) is 17.1 Å². The summed E-state index contributed by atoms with van der Waals surface area (Å²) in [5, 5.41) is 15.9. The van der Waals surface area contributed by atoms with Crippen molar-refractivity contribution in [3.63, 3.8) is 0 Å². The number of ether oxygens (including phenoxy) is 1. The molecule has 3 N–H and O–H groups in total. The molecule has 3 aromatic rings. The minimum atomic E-state index is -0.413. The van der Waals surface area contributed by atoms with Crippen LogP contribution in [0.1, 0.15) is 20.7 Å². The Morgan fingerprint density at radius 1 is 0.857 bits per heavy atom. The first-order valence-corrected chi connectivity index (χ1v) is 11.0. The number of rotatable bonds is 6. The predicted molar refractivity (Wildman–Crippen MR) is 137 cm³/mol. The largest absolute Gasteiger partial charge is 0.506 e. The normalized spacial score (nSPS) is 12.7. The van der Waals surface area contributed by atoms with Crippen molar-refractivity contribution in [1.82, 2.24) is 4.90 Å². The number of aromatic hydroxyl groups is 1. The summed E-state index contributed by atoms with van der Waals surface area (Å²) in [6.07, 6.45) is 7.94. The number of hydrogen-bond acceptors (Lipinski definition) is 6. The number of nitrogens with zero attached hydrogens (tertiary/aromatic N) is 2. The van der Waals surface area contributed by atoms with Gasteiger partial charge in [-0.05, 0) is 66.7 Å². The van der Waals surface area contributed by atoms with Crippen LogP contribution in [0.15, 0.2) is 91.4 Å². The van der Waals surface area contributed by atoms with E-state index in [1.807, 2.05) is 48.8 Å². The minimum Gasteiger partial charge on any atom is -0.506 e. The Kier molecular flexibility index (Phi) is 7.02. The van der Waals surface area contributed by atoms with Gasteiger partial charge in [0, 0.05) is 49.0 Å². The molecule has 1 aliphatic rings. The number of anilines is 3. The first-order chi connectivity index (χ1) is 16.9. The Morgan fingerprint density at radius 2 is 1.51 bits per heavy atom. The van der Waals surface area contributed by atoms with Crippen molar-refractivity contribution < 1.29 is 19.4 Å². The maximum atomic E-state index is 12.9. The van der Waals surface area contributed by atoms with Gasteiger partial charge >= 0.3 is 0 Å². The zero-order valence-electron chi connectivity index (χ0n) is 19.4. The highest BCUT2D eigenvalue weighted by Gasteiger charge is 2.16. The molecule has 0 atom stereocenters. The van der Waals surface area contributed by atoms with E-state index in [4.69, 9.17) is 4.74 Å². The summed E-state index contributed by atoms with van der Waals surface area (Å²) in [7, 11) is 3.50. The third kappa shape index (κ3) is 5.62. The van der Waals surface area contributed by atoms with E-state index in [9.17, 15) is 14.7 Å². The fourth-order valence-electron chi connectivity index (χ4n) is 3.52. The van der Waals surface area contributed by atoms with Crippen molar-refractivity contribution in [3.8, 4) is 11.5 Å². The van der Waals surface area contributed by atoms with Crippen LogP contribution in [0, 0.1) is 0 Å². The van der Waals surface area contributed by atoms with Crippen molar-refractivity contribution in [2.24, 2.45) is 0 Å². The molecule has 0 radical (unpaired) electrons. The van der Waals surface area contributed by atoms with E-state index in [0.717, 1.165) is 5.69 Å². The lowest BCUT2D eigenvalue weighted by Crippen LogP contribution is -2.18. The van der Waals surface area contributed by atoms with Gasteiger partial charge in [-0.3, -0.25) is 9.59 Å². The van der Waals surface area contributed by atoms with Gasteiger partial charge < -0.3 is 30.3 Å². The molecule has 8 heteroatoms. The standard InChI is InChI=1S/C27H26N4O4/c1-30-15-4-16-31(18-17-30)21-11-7-19(8-12-21)27(34)29-25-23(5-3-6-24(25)32)28-26(33)20-9-13-22(35-2)14-10-20/h3-15,17-18,32H,16H2,1-2H3,(H,28,33)(H,29,34). The smallest absolute Gasteiger partial charge is 0.255 e. The van der Waals surface area contributed by atoms with Crippen molar-refractivity contribution in [2.75, 3.05) is 36.2 Å². The average molecular weight is 471 g/mol. The molecule has 0 aliphatic carbocycles. The van der Waals surface area contributed by atoms with Crippen LogP contribution in [-0.2, 0) is 0 Å². The molecule has 1 heterocycles. The second-order valence-corrected chi connectivity index (χ2v) is 7.88. The molecule has 0 aromatic heterocycles. The van der Waals surface area contributed by atoms with E-state index in [2.05, 4.69) is 15.5 Å². The summed E-state index contributed by atoms with van der Waals surface area (Å²) in [4.78, 5) is 29.6. The van der Waals surface area contributed by atoms with E-state index in [1.54, 1.807) is 55.6 Å². The second kappa shape index (κ2) is 10.5. The molecule has 178 valence electrons. The Balaban J connectivity index is 1.49. The number of amides is 2. The number of carbonyl (C=O) groups is 2. The topological polar surface area (TPSA) is 94.1 Å². The van der Waals surface area contributed by atoms with Crippen molar-refractivity contribution in [2.45, 2.75) is 0 Å². The van der Waals surface area contributed by atoms with Gasteiger partial charge in [-0.2, -0.15) is 0 Å². The summed E-state index contributed by atoms with van der Waals surface area (Å²) in [6, 6.07) is 18.4. The molecule has 1 aliphatic heterocycles. The van der Waals surface area contributed by atoms with Crippen LogP contribution < -0.4 is 20.3 Å². The SMILES string of the molecule is COc1ccc(C(=O)Nc2cccc(O)c2NC(=O)c2ccc(N3C=CN(C)C=CC3)cc2)cc1. The molecule has 3 aromatic carbocycles. The zero-order chi connectivity index (χ0) is 24.8. The number of nitrogens with one attached hydrogen (secondary N) is 2. The number of phenols is 1. The van der Waals surface area contributed by atoms with Crippen LogP contribution in [-0.4, -0.2) is 42.5 Å². The molecular weight excluding hydrogens is 444 g/mol. The lowest BCUT2D eigenvalue weighted by molar-refractivity contribution is 0.101. The van der Waals surface area contributed by atoms with Crippen molar-refractivity contribution >= 4 is 28.9 Å². The van der Waals surface area contributed by atoms with E-state index in [-0.39, 0.29) is 23.0 Å². The fraction of sp³-hybridized carbons (Fsp3) is 0.111. The Labute approximate surface area is 203 Å². The zero-order valence-corrected chi connectivity index (χ0v) is 19.4. The van der Waals surface area contributed by atoms with Gasteiger partial charge in [-0.15, -0.1) is 0 Å². The molecule has 0 fully saturated rings. The molecule has 0 unspecified atom stereocenters. The number of phenolic OH excluding ortho intramolecular Hbond substituents is 1. The van der Waals surface area contributed by atoms with Gasteiger partial charge in [-0.25, -0.2) is 0 Å². The quantitative estimate of drug-likeness (QED) is 0.455. The number of hydrogen-bond donors (Lipinski definition) is 3. The highest BCUT2D eigenvalue weighted by molar-refractivity contribution is 6.11. The van der Waals surface area contributed by atoms with E-state index < -0.39 is 5.91 Å². The number of para-hydroxylation sites is 1. The van der Waals surface area contributed by atoms with Gasteiger partial charge in [-0.1, -0.05) is 6.07 Å². The molecule has 0 saturated heterocycles. The molecule has 0 saturated carbocycles. The van der Waals surface area contributed by atoms with Gasteiger partial charge in [0.2, 0.25) is 0 Å². The first-order valence-electron chi connectivity index (χ1n) is 11.0. The molecule has 35 heavy (non-hydrogen) atoms. The maximum absolute atomic E-state index is 12.9. The van der Waals surface area contributed by atoms with E-state index in [0.29, 0.717) is 23.4 Å². The molecule has 0 spiro atoms. The third-order valence-corrected chi connectivity index (χ3v) is 5.47. The van der Waals surface area contributed by atoms with Crippen LogP contribution >= 0.6 is 0 Å². The van der Waals surface area contributed by atoms with Gasteiger partial charge in [0.15, 0.2) is 0 Å². The number of carbonyl (C=O) groups excluding carboxylic acids is 2. The van der Waals surface area contributed by atoms with Crippen LogP contribution in [0.25, 0.3) is 0 Å². The molecule has 0 bridgehead atoms. The van der Waals surface area contributed by atoms with Gasteiger partial charge in [0.05, 0.1) is 12.8 Å². The lowest BCUT2D eigenvalue weighted by atomic mass is 10.1. The highest BCUT2D eigenvalue weighted by Crippen LogP contribution is 2.32. The predicted octanol–water partition coefficient (Wildman–Crippen LogP) is 4.64. The minimum absolute atomic E-state index is 0.118. The Morgan fingerprint density at radius 3 is 2.20 bits per heavy atom. The summed E-state index contributed by atoms with van der Waals surface area (Å²) >= 11 is 0. The summed E-state index contributed by atoms with van der Waals surface area (Å²) < 4.78 is 5.12. The molecule has 4 rings (SSSR count). The molecular formula is C27H26N4O4. The third-order valence-electron chi connectivity index (χ3n) is 5.47. The number of benzene rings is 3. The molecule has 8 nitrogen and oxygen atoms in total. The Hall–Kier alpha value is -4.72. The number of methoxy groups -OCH3 is 1. The summed E-state index contributed by atoms with van der Waals surface area (Å²) in [6.45, 7) is 0.710. The fourth-order valence-corrected chi connectivity index (χ4v) is 3.52. The second-order valence-electron chi connectivity index (χ2n) is 7.88.